The van der Waals surface area contributed by atoms with Gasteiger partial charge in [0.15, 0.2) is 0 Å². The Morgan fingerprint density at radius 3 is 1.04 bits per heavy atom. The Hall–Kier alpha value is -12.7. The molecule has 11 aromatic carbocycles. The van der Waals surface area contributed by atoms with Crippen molar-refractivity contribution in [2.45, 2.75) is 180 Å². The molecule has 0 aliphatic heterocycles. The zero-order valence-corrected chi connectivity index (χ0v) is 86.9. The molecule has 0 unspecified atom stereocenters. The summed E-state index contributed by atoms with van der Waals surface area (Å²) in [7, 11) is -1.40. The number of rotatable bonds is 28. The second-order valence-electron chi connectivity index (χ2n) is 34.5. The van der Waals surface area contributed by atoms with Crippen LogP contribution in [0.25, 0.3) is 65.9 Å². The van der Waals surface area contributed by atoms with E-state index < -0.39 is 31.0 Å². The van der Waals surface area contributed by atoms with Crippen LogP contribution in [0.4, 0.5) is 0 Å². The average Bonchev–Trinajstić information content (AvgIpc) is 1.62. The number of carboxylic acids is 1. The van der Waals surface area contributed by atoms with Gasteiger partial charge < -0.3 is 94.7 Å². The molecule has 142 heavy (non-hydrogen) atoms. The Morgan fingerprint density at radius 2 is 0.697 bits per heavy atom. The van der Waals surface area contributed by atoms with Crippen LogP contribution >= 0.6 is 44.3 Å². The molecule has 4 aromatic heterocycles. The first-order valence-corrected chi connectivity index (χ1v) is 47.6. The van der Waals surface area contributed by atoms with E-state index in [4.69, 9.17) is 60.8 Å². The monoisotopic (exact) mass is 2070 g/mol. The number of carbonyl (C=O) groups is 7. The largest absolute Gasteiger partial charge is 1.00 e. The van der Waals surface area contributed by atoms with Gasteiger partial charge in [0.25, 0.3) is 0 Å². The molecule has 26 nitrogen and oxygen atoms in total. The number of hydrogen-bond acceptors (Lipinski definition) is 21. The van der Waals surface area contributed by atoms with Crippen LogP contribution in [0.15, 0.2) is 252 Å². The van der Waals surface area contributed by atoms with Gasteiger partial charge in [-0.05, 0) is 285 Å². The third-order valence-corrected chi connectivity index (χ3v) is 23.9. The van der Waals surface area contributed by atoms with Gasteiger partial charge in [0.05, 0.1) is 74.3 Å². The van der Waals surface area contributed by atoms with E-state index in [-0.39, 0.29) is 117 Å². The first-order valence-electron chi connectivity index (χ1n) is 46.0. The van der Waals surface area contributed by atoms with Crippen LogP contribution < -0.4 is 55.7 Å². The minimum absolute atomic E-state index is 0. The summed E-state index contributed by atoms with van der Waals surface area (Å²) in [5, 5.41) is 49.7. The molecule has 12 N–H and O–H groups in total. The van der Waals surface area contributed by atoms with Crippen LogP contribution in [0.5, 0.6) is 23.0 Å². The van der Waals surface area contributed by atoms with Crippen molar-refractivity contribution in [3.05, 3.63) is 336 Å². The van der Waals surface area contributed by atoms with Gasteiger partial charge in [0, 0.05) is 138 Å². The number of carboxylic acid groups (broad SMARTS) is 1. The Kier molecular flexibility index (Phi) is 45.1. The van der Waals surface area contributed by atoms with Crippen LogP contribution in [0.1, 0.15) is 198 Å². The number of aryl methyl sites for hydroxylation is 4. The molecule has 15 rings (SSSR count). The molecule has 31 heteroatoms. The van der Waals surface area contributed by atoms with Crippen molar-refractivity contribution in [1.29, 1.82) is 0 Å². The molecule has 0 bridgehead atoms. The summed E-state index contributed by atoms with van der Waals surface area (Å²) in [5.74, 6) is -2.36. The fourth-order valence-corrected chi connectivity index (χ4v) is 16.8. The predicted octanol–water partition coefficient (Wildman–Crippen LogP) is 18.5. The van der Waals surface area contributed by atoms with Crippen LogP contribution in [-0.2, 0) is 85.3 Å². The van der Waals surface area contributed by atoms with Crippen molar-refractivity contribution in [2.24, 2.45) is 17.2 Å². The number of nitrogens with two attached hydrogens (primary N) is 3. The third-order valence-electron chi connectivity index (χ3n) is 22.6. The van der Waals surface area contributed by atoms with E-state index in [9.17, 15) is 43.8 Å². The number of esters is 6. The standard InChI is InChI=1S/C30H32N2O4.C28H28N2O4.C23H24BrNO4.C12H14BrNO.C11H14O3.C7H10BNO2.ClH.Li.H2O/c1-5-35-29(33)17-23-10-9-20(4)13-28(23)36-30(34)24-15-26(22-8-6-7-21(14-22)18-31)25-11-12-32(19(2)3)27(25)16-24;1-17(2)30-10-9-23-24(20-6-4-5-19(12-20)16-29)13-22(14-25(23)30)28(33)34-26-11-18(3)7-8-21(26)15-27(31)32;1-5-28-22(26)13-16-7-6-15(4)10-21(16)29-23(27)17-11-19(24)18-8-9-25(14(2)3)20(18)12-17;1-8(2)14-4-3-10-11(13)5-9(7-15)6-12(10)14;1-3-14-11(13)7-9-5-4-8(2)6-10(9)12;9-5-6-2-1-3-7(4-6)8(10)11;;;/h6-16,19H,5,17-18,31H2,1-4H3;4-14,17H,15-16,29H2,1-3H3,(H,31,32);6-12,14H,5,13H2,1-4H3;3-6,8,15H,7H2,1-2H3;4-6,12H,3,7H2,1-2H3;1-4,10-11H,5,9H2;1H;;1H2/q;;;;;;;+1;/p-1. The predicted molar refractivity (Wildman–Crippen MR) is 564 cm³/mol. The van der Waals surface area contributed by atoms with Gasteiger partial charge in [-0.25, -0.2) is 14.4 Å². The summed E-state index contributed by atoms with van der Waals surface area (Å²) in [6.45, 7) is 32.0. The topological polar surface area (TPSA) is 404 Å². The SMILES string of the molecule is CC(C)n1ccc2c(Br)cc(CO)cc21.CCOC(=O)Cc1ccc(C)cc1O.CCOC(=O)Cc1ccc(C)cc1OC(=O)c1cc(-c2cccc(CN)c2)c2ccn(C(C)C)c2c1.CCOC(=O)Cc1ccc(C)cc1OC(=O)c1cc(Br)c2ccn(C(C)C)c2c1.Cc1ccc(CC(=O)O)c(OC(=O)c2cc(-c3cccc(CN)c3)c3ccn(C(C)C)c3c2)c1.Cl.NCc1cccc(B(O)O)c1.[Li+].[OH-]. The molecular weight excluding hydrogens is 1950 g/mol. The quantitative estimate of drug-likeness (QED) is 0.00977. The third kappa shape index (κ3) is 31.4. The van der Waals surface area contributed by atoms with Crippen molar-refractivity contribution in [2.75, 3.05) is 19.8 Å². The Balaban J connectivity index is 0.000000241. The number of phenols is 1. The minimum Gasteiger partial charge on any atom is -0.870 e. The van der Waals surface area contributed by atoms with Crippen LogP contribution in [0.3, 0.4) is 0 Å². The van der Waals surface area contributed by atoms with Gasteiger partial charge in [-0.3, -0.25) is 19.2 Å². The van der Waals surface area contributed by atoms with E-state index in [1.165, 1.54) is 10.9 Å². The number of hydrogen-bond donors (Lipinski definition) is 8. The van der Waals surface area contributed by atoms with Crippen molar-refractivity contribution in [3.8, 4) is 45.3 Å². The van der Waals surface area contributed by atoms with Gasteiger partial charge >= 0.3 is 67.8 Å². The van der Waals surface area contributed by atoms with Gasteiger partial charge in [-0.15, -0.1) is 12.4 Å². The molecule has 742 valence electrons. The number of aliphatic hydroxyl groups is 1. The zero-order chi connectivity index (χ0) is 101. The summed E-state index contributed by atoms with van der Waals surface area (Å²) >= 11 is 7.08. The average molecular weight is 2070 g/mol. The number of aromatic nitrogens is 4. The normalized spacial score (nSPS) is 10.7. The van der Waals surface area contributed by atoms with Crippen molar-refractivity contribution in [1.82, 2.24) is 18.3 Å². The molecule has 0 saturated heterocycles. The van der Waals surface area contributed by atoms with E-state index in [0.717, 1.165) is 108 Å². The minimum atomic E-state index is -1.40. The van der Waals surface area contributed by atoms with E-state index in [0.29, 0.717) is 101 Å². The number of benzene rings is 11. The van der Waals surface area contributed by atoms with Gasteiger partial charge in [-0.1, -0.05) is 141 Å². The summed E-state index contributed by atoms with van der Waals surface area (Å²) in [6, 6.07) is 68.5. The van der Waals surface area contributed by atoms with Crippen molar-refractivity contribution >= 4 is 142 Å². The van der Waals surface area contributed by atoms with Crippen molar-refractivity contribution < 1.29 is 112 Å². The number of carbonyl (C=O) groups excluding carboxylic acids is 6. The Bertz CT molecular complexity index is 6910. The second kappa shape index (κ2) is 55.1. The fraction of sp³-hybridized carbons (Fsp3) is 0.270. The fourth-order valence-electron chi connectivity index (χ4n) is 15.6. The first kappa shape index (κ1) is 116. The van der Waals surface area contributed by atoms with Gasteiger partial charge in [-0.2, -0.15) is 0 Å². The van der Waals surface area contributed by atoms with Crippen LogP contribution in [0.2, 0.25) is 0 Å². The molecular formula is C111H124BBr2ClLiN7O19. The molecule has 0 saturated carbocycles. The van der Waals surface area contributed by atoms with E-state index in [1.807, 2.05) is 162 Å². The number of fused-ring (bicyclic) bond motifs is 4. The number of phenolic OH excluding ortho intramolecular Hbond substituents is 1. The molecule has 15 aromatic rings. The van der Waals surface area contributed by atoms with Crippen LogP contribution in [0, 0.1) is 27.7 Å². The Morgan fingerprint density at radius 1 is 0.380 bits per heavy atom. The molecule has 0 fully saturated rings. The van der Waals surface area contributed by atoms with E-state index in [1.54, 1.807) is 99.6 Å². The number of ether oxygens (including phenoxy) is 6. The molecule has 0 radical (unpaired) electrons. The van der Waals surface area contributed by atoms with Crippen molar-refractivity contribution in [3.63, 3.8) is 0 Å². The zero-order valence-electron chi connectivity index (χ0n) is 82.9. The first-order chi connectivity index (χ1) is 66.4. The number of aliphatic hydroxyl groups excluding tert-OH is 1. The van der Waals surface area contributed by atoms with E-state index >= 15 is 0 Å². The number of nitrogens with zero attached hydrogens (tertiary/aromatic N) is 4. The summed E-state index contributed by atoms with van der Waals surface area (Å²) in [4.78, 5) is 86.1. The molecule has 0 spiro atoms. The number of aliphatic carboxylic acids is 1. The maximum Gasteiger partial charge on any atom is 1.00 e. The maximum atomic E-state index is 13.5. The molecule has 0 aliphatic rings. The summed E-state index contributed by atoms with van der Waals surface area (Å²) < 4.78 is 42.7. The molecule has 0 aliphatic carbocycles. The molecule has 4 heterocycles. The Labute approximate surface area is 863 Å². The van der Waals surface area contributed by atoms with E-state index in [2.05, 4.69) is 136 Å². The summed E-state index contributed by atoms with van der Waals surface area (Å²) in [6.07, 6.45) is 8.13. The molecule has 0 atom stereocenters. The number of halogens is 3. The van der Waals surface area contributed by atoms with Gasteiger partial charge in [0.2, 0.25) is 0 Å². The number of aromatic hydroxyl groups is 1. The van der Waals surface area contributed by atoms with Gasteiger partial charge in [0.1, 0.15) is 23.0 Å². The maximum absolute atomic E-state index is 13.5. The second-order valence-corrected chi connectivity index (χ2v) is 36.2. The molecule has 0 amide bonds. The summed E-state index contributed by atoms with van der Waals surface area (Å²) in [5.41, 5.74) is 36.5. The van der Waals surface area contributed by atoms with Crippen LogP contribution in [-0.4, -0.2) is 118 Å². The smallest absolute Gasteiger partial charge is 0.870 e.